The van der Waals surface area contributed by atoms with Gasteiger partial charge in [-0.05, 0) is 27.6 Å². The van der Waals surface area contributed by atoms with E-state index in [0.717, 1.165) is 5.56 Å². The largest absolute Gasteiger partial charge is 0.394 e. The van der Waals surface area contributed by atoms with Gasteiger partial charge in [-0.1, -0.05) is 11.6 Å². The molecule has 0 radical (unpaired) electrons. The first kappa shape index (κ1) is 12.1. The predicted octanol–water partition coefficient (Wildman–Crippen LogP) is 2.29. The van der Waals surface area contributed by atoms with Crippen LogP contribution < -0.4 is 11.2 Å². The van der Waals surface area contributed by atoms with E-state index < -0.39 is 0 Å². The first-order valence-corrected chi connectivity index (χ1v) is 5.98. The number of nitrogens with zero attached hydrogens (tertiary/aromatic N) is 2. The van der Waals surface area contributed by atoms with E-state index in [4.69, 9.17) is 17.3 Å². The molecule has 2 aromatic rings. The van der Waals surface area contributed by atoms with Crippen molar-refractivity contribution >= 4 is 33.2 Å². The number of aromatic nitrogens is 2. The Labute approximate surface area is 111 Å². The van der Waals surface area contributed by atoms with Crippen LogP contribution in [0.2, 0.25) is 5.02 Å². The van der Waals surface area contributed by atoms with Crippen LogP contribution in [0.5, 0.6) is 0 Å². The van der Waals surface area contributed by atoms with Gasteiger partial charge in [-0.2, -0.15) is 0 Å². The molecule has 0 unspecified atom stereocenters. The Hall–Kier alpha value is -1.33. The number of rotatable bonds is 2. The summed E-state index contributed by atoms with van der Waals surface area (Å²) in [5, 5.41) is 0.584. The number of hydrogen-bond acceptors (Lipinski definition) is 3. The monoisotopic (exact) mass is 313 g/mol. The topological polar surface area (TPSA) is 60.9 Å². The quantitative estimate of drug-likeness (QED) is 0.925. The zero-order valence-corrected chi connectivity index (χ0v) is 11.1. The Morgan fingerprint density at radius 2 is 2.24 bits per heavy atom. The van der Waals surface area contributed by atoms with E-state index >= 15 is 0 Å². The fourth-order valence-corrected chi connectivity index (χ4v) is 2.11. The summed E-state index contributed by atoms with van der Waals surface area (Å²) in [5.74, 6) is 0. The molecule has 88 valence electrons. The molecule has 0 fully saturated rings. The van der Waals surface area contributed by atoms with E-state index in [1.165, 1.54) is 0 Å². The lowest BCUT2D eigenvalue weighted by molar-refractivity contribution is 0.786. The van der Waals surface area contributed by atoms with Gasteiger partial charge >= 0.3 is 0 Å². The summed E-state index contributed by atoms with van der Waals surface area (Å²) in [4.78, 5) is 15.3. The molecule has 4 nitrogen and oxygen atoms in total. The fraction of sp³-hybridized carbons (Fsp3) is 0.0909. The van der Waals surface area contributed by atoms with Crippen molar-refractivity contribution in [2.24, 2.45) is 0 Å². The van der Waals surface area contributed by atoms with Gasteiger partial charge < -0.3 is 10.3 Å². The van der Waals surface area contributed by atoms with Crippen LogP contribution in [-0.4, -0.2) is 9.55 Å². The number of anilines is 1. The van der Waals surface area contributed by atoms with Crippen LogP contribution >= 0.6 is 27.5 Å². The van der Waals surface area contributed by atoms with E-state index in [-0.39, 0.29) is 11.1 Å². The molecule has 2 heterocycles. The van der Waals surface area contributed by atoms with Gasteiger partial charge in [0.2, 0.25) is 5.43 Å². The smallest absolute Gasteiger partial charge is 0.218 e. The van der Waals surface area contributed by atoms with Gasteiger partial charge in [-0.3, -0.25) is 9.78 Å². The molecule has 0 amide bonds. The molecule has 0 aliphatic carbocycles. The van der Waals surface area contributed by atoms with Gasteiger partial charge in [0, 0.05) is 31.3 Å². The average molecular weight is 315 g/mol. The second-order valence-corrected chi connectivity index (χ2v) is 4.79. The van der Waals surface area contributed by atoms with E-state index in [0.29, 0.717) is 16.0 Å². The van der Waals surface area contributed by atoms with Gasteiger partial charge in [0.25, 0.3) is 0 Å². The lowest BCUT2D eigenvalue weighted by atomic mass is 10.2. The third kappa shape index (κ3) is 2.68. The molecule has 0 spiro atoms. The van der Waals surface area contributed by atoms with Gasteiger partial charge in [-0.15, -0.1) is 0 Å². The first-order valence-electron chi connectivity index (χ1n) is 4.81. The summed E-state index contributed by atoms with van der Waals surface area (Å²) in [6, 6.07) is 1.82. The van der Waals surface area contributed by atoms with Crippen molar-refractivity contribution in [3.8, 4) is 0 Å². The highest BCUT2D eigenvalue weighted by Gasteiger charge is 2.04. The molecule has 0 atom stereocenters. The molecule has 0 saturated carbocycles. The summed E-state index contributed by atoms with van der Waals surface area (Å²) in [7, 11) is 0. The van der Waals surface area contributed by atoms with Crippen LogP contribution in [0.4, 0.5) is 5.69 Å². The Balaban J connectivity index is 2.38. The second kappa shape index (κ2) is 4.89. The molecule has 0 bridgehead atoms. The average Bonchev–Trinajstić information content (AvgIpc) is 2.29. The molecule has 0 saturated heterocycles. The number of halogens is 2. The van der Waals surface area contributed by atoms with Crippen LogP contribution in [-0.2, 0) is 6.54 Å². The molecule has 2 aromatic heterocycles. The molecular formula is C11H9BrClN3O. The summed E-state index contributed by atoms with van der Waals surface area (Å²) >= 11 is 9.17. The third-order valence-corrected chi connectivity index (χ3v) is 3.18. The van der Waals surface area contributed by atoms with Crippen LogP contribution in [0, 0.1) is 0 Å². The maximum absolute atomic E-state index is 11.4. The zero-order chi connectivity index (χ0) is 12.4. The van der Waals surface area contributed by atoms with E-state index in [1.807, 2.05) is 6.07 Å². The van der Waals surface area contributed by atoms with Crippen molar-refractivity contribution in [3.63, 3.8) is 0 Å². The molecule has 2 N–H and O–H groups in total. The molecule has 0 aliphatic heterocycles. The number of nitrogen functional groups attached to an aromatic ring is 1. The summed E-state index contributed by atoms with van der Waals surface area (Å²) in [5.41, 5.74) is 6.51. The predicted molar refractivity (Wildman–Crippen MR) is 71.2 cm³/mol. The highest BCUT2D eigenvalue weighted by molar-refractivity contribution is 9.10. The number of nitrogens with two attached hydrogens (primary N) is 1. The van der Waals surface area contributed by atoms with Gasteiger partial charge in [0.05, 0.1) is 15.2 Å². The van der Waals surface area contributed by atoms with Crippen LogP contribution in [0.25, 0.3) is 0 Å². The maximum Gasteiger partial charge on any atom is 0.218 e. The highest BCUT2D eigenvalue weighted by Crippen LogP contribution is 2.16. The van der Waals surface area contributed by atoms with E-state index in [1.54, 1.807) is 29.4 Å². The zero-order valence-electron chi connectivity index (χ0n) is 8.73. The van der Waals surface area contributed by atoms with E-state index in [9.17, 15) is 4.79 Å². The highest BCUT2D eigenvalue weighted by atomic mass is 79.9. The van der Waals surface area contributed by atoms with Crippen LogP contribution in [0.1, 0.15) is 5.56 Å². The lowest BCUT2D eigenvalue weighted by Crippen LogP contribution is -2.13. The van der Waals surface area contributed by atoms with E-state index in [2.05, 4.69) is 20.9 Å². The minimum atomic E-state index is -0.206. The lowest BCUT2D eigenvalue weighted by Gasteiger charge is -2.09. The Kier molecular flexibility index (Phi) is 3.49. The first-order chi connectivity index (χ1) is 8.08. The summed E-state index contributed by atoms with van der Waals surface area (Å²) < 4.78 is 2.23. The van der Waals surface area contributed by atoms with Gasteiger partial charge in [0.15, 0.2) is 0 Å². The number of hydrogen-bond donors (Lipinski definition) is 1. The fourth-order valence-electron chi connectivity index (χ4n) is 1.44. The molecule has 6 heteroatoms. The third-order valence-electron chi connectivity index (χ3n) is 2.27. The standard InChI is InChI=1S/C11H9BrClN3O/c12-8-5-16(6-10(14)11(8)17)4-7-1-2-15-3-9(7)13/h1-3,5-6H,4,14H2. The molecular weight excluding hydrogens is 305 g/mol. The van der Waals surface area contributed by atoms with Crippen LogP contribution in [0.15, 0.2) is 40.1 Å². The molecule has 2 rings (SSSR count). The Bertz CT molecular complexity index is 586. The summed E-state index contributed by atoms with van der Waals surface area (Å²) in [6.45, 7) is 0.532. The number of pyridine rings is 2. The second-order valence-electron chi connectivity index (χ2n) is 3.53. The molecule has 0 aliphatic rings. The normalized spacial score (nSPS) is 10.5. The van der Waals surface area contributed by atoms with Crippen molar-refractivity contribution in [3.05, 3.63) is 56.1 Å². The Morgan fingerprint density at radius 1 is 1.47 bits per heavy atom. The molecule has 17 heavy (non-hydrogen) atoms. The van der Waals surface area contributed by atoms with Crippen molar-refractivity contribution in [1.29, 1.82) is 0 Å². The molecule has 0 aromatic carbocycles. The van der Waals surface area contributed by atoms with Gasteiger partial charge in [0.1, 0.15) is 0 Å². The minimum absolute atomic E-state index is 0.199. The minimum Gasteiger partial charge on any atom is -0.394 e. The maximum atomic E-state index is 11.4. The van der Waals surface area contributed by atoms with Crippen molar-refractivity contribution < 1.29 is 0 Å². The van der Waals surface area contributed by atoms with Crippen LogP contribution in [0.3, 0.4) is 0 Å². The van der Waals surface area contributed by atoms with Crippen molar-refractivity contribution in [1.82, 2.24) is 9.55 Å². The SMILES string of the molecule is Nc1cn(Cc2ccncc2Cl)cc(Br)c1=O. The van der Waals surface area contributed by atoms with Crippen molar-refractivity contribution in [2.45, 2.75) is 6.54 Å². The van der Waals surface area contributed by atoms with Crippen molar-refractivity contribution in [2.75, 3.05) is 5.73 Å². The Morgan fingerprint density at radius 3 is 2.88 bits per heavy atom. The van der Waals surface area contributed by atoms with Gasteiger partial charge in [-0.25, -0.2) is 0 Å². The summed E-state index contributed by atoms with van der Waals surface area (Å²) in [6.07, 6.45) is 6.51.